The molecule has 0 aliphatic carbocycles. The van der Waals surface area contributed by atoms with Crippen LogP contribution >= 0.6 is 0 Å². The van der Waals surface area contributed by atoms with E-state index in [0.29, 0.717) is 23.8 Å². The van der Waals surface area contributed by atoms with E-state index in [9.17, 15) is 4.79 Å². The summed E-state index contributed by atoms with van der Waals surface area (Å²) in [5.41, 5.74) is 1.17. The number of oxazole rings is 1. The number of nitrogens with one attached hydrogen (secondary N) is 1. The number of hydrogen-bond donors (Lipinski definition) is 1. The lowest BCUT2D eigenvalue weighted by atomic mass is 10.0. The standard InChI is InChI=1S/C15H23N3O2/c1-11(2)6-7-12(3)16-9-10-18-14-13(20-15(18)19)5-4-8-17-14/h4-5,8,11-12,16H,6-7,9-10H2,1-3H3. The number of nitrogens with zero attached hydrogens (tertiary/aromatic N) is 2. The van der Waals surface area contributed by atoms with E-state index in [0.717, 1.165) is 18.9 Å². The third kappa shape index (κ3) is 3.70. The maximum atomic E-state index is 11.8. The van der Waals surface area contributed by atoms with Gasteiger partial charge in [0.05, 0.1) is 0 Å². The predicted octanol–water partition coefficient (Wildman–Crippen LogP) is 2.40. The molecule has 20 heavy (non-hydrogen) atoms. The van der Waals surface area contributed by atoms with E-state index < -0.39 is 0 Å². The lowest BCUT2D eigenvalue weighted by Gasteiger charge is -2.14. The van der Waals surface area contributed by atoms with Crippen molar-refractivity contribution in [1.82, 2.24) is 14.9 Å². The molecule has 0 aliphatic rings. The van der Waals surface area contributed by atoms with Crippen LogP contribution in [0.5, 0.6) is 0 Å². The van der Waals surface area contributed by atoms with E-state index in [1.165, 1.54) is 6.42 Å². The van der Waals surface area contributed by atoms with Crippen LogP contribution in [0.25, 0.3) is 11.2 Å². The van der Waals surface area contributed by atoms with Gasteiger partial charge in [-0.15, -0.1) is 0 Å². The largest absolute Gasteiger partial charge is 0.421 e. The van der Waals surface area contributed by atoms with Gasteiger partial charge < -0.3 is 9.73 Å². The van der Waals surface area contributed by atoms with Crippen LogP contribution in [0.15, 0.2) is 27.5 Å². The van der Waals surface area contributed by atoms with E-state index in [2.05, 4.69) is 31.1 Å². The minimum absolute atomic E-state index is 0.338. The Morgan fingerprint density at radius 2 is 2.15 bits per heavy atom. The molecule has 2 heterocycles. The zero-order valence-corrected chi connectivity index (χ0v) is 12.4. The van der Waals surface area contributed by atoms with Gasteiger partial charge in [-0.05, 0) is 37.8 Å². The van der Waals surface area contributed by atoms with Crippen molar-refractivity contribution >= 4 is 11.2 Å². The Hall–Kier alpha value is -1.62. The van der Waals surface area contributed by atoms with Crippen molar-refractivity contribution in [3.8, 4) is 0 Å². The van der Waals surface area contributed by atoms with E-state index in [4.69, 9.17) is 4.42 Å². The van der Waals surface area contributed by atoms with Gasteiger partial charge in [-0.3, -0.25) is 4.57 Å². The van der Waals surface area contributed by atoms with Gasteiger partial charge in [-0.25, -0.2) is 9.78 Å². The number of aromatic nitrogens is 2. The van der Waals surface area contributed by atoms with Crippen molar-refractivity contribution in [2.24, 2.45) is 5.92 Å². The molecule has 1 unspecified atom stereocenters. The maximum Gasteiger partial charge on any atom is 0.421 e. The van der Waals surface area contributed by atoms with E-state index in [1.807, 2.05) is 0 Å². The lowest BCUT2D eigenvalue weighted by Crippen LogP contribution is -2.31. The van der Waals surface area contributed by atoms with Crippen LogP contribution in [-0.2, 0) is 6.54 Å². The summed E-state index contributed by atoms with van der Waals surface area (Å²) in [6, 6.07) is 3.99. The zero-order chi connectivity index (χ0) is 14.5. The molecule has 5 heteroatoms. The lowest BCUT2D eigenvalue weighted by molar-refractivity contribution is 0.432. The number of hydrogen-bond acceptors (Lipinski definition) is 4. The predicted molar refractivity (Wildman–Crippen MR) is 79.8 cm³/mol. The summed E-state index contributed by atoms with van der Waals surface area (Å²) >= 11 is 0. The van der Waals surface area contributed by atoms with Crippen molar-refractivity contribution in [1.29, 1.82) is 0 Å². The van der Waals surface area contributed by atoms with Crippen LogP contribution in [0.1, 0.15) is 33.6 Å². The summed E-state index contributed by atoms with van der Waals surface area (Å²) in [6.07, 6.45) is 4.04. The second-order valence-electron chi connectivity index (χ2n) is 5.67. The minimum atomic E-state index is -0.338. The minimum Gasteiger partial charge on any atom is -0.406 e. The van der Waals surface area contributed by atoms with Gasteiger partial charge in [-0.2, -0.15) is 0 Å². The smallest absolute Gasteiger partial charge is 0.406 e. The molecule has 1 N–H and O–H groups in total. The molecular formula is C15H23N3O2. The first-order valence-corrected chi connectivity index (χ1v) is 7.25. The summed E-state index contributed by atoms with van der Waals surface area (Å²) in [7, 11) is 0. The molecule has 0 radical (unpaired) electrons. The Bertz CT molecular complexity index is 600. The number of rotatable bonds is 7. The molecule has 0 spiro atoms. The van der Waals surface area contributed by atoms with Gasteiger partial charge in [-0.1, -0.05) is 13.8 Å². The van der Waals surface area contributed by atoms with Crippen molar-refractivity contribution < 1.29 is 4.42 Å². The highest BCUT2D eigenvalue weighted by Gasteiger charge is 2.10. The Kier molecular flexibility index (Phi) is 4.95. The molecular weight excluding hydrogens is 254 g/mol. The van der Waals surface area contributed by atoms with Gasteiger partial charge in [0.15, 0.2) is 11.2 Å². The quantitative estimate of drug-likeness (QED) is 0.844. The third-order valence-electron chi connectivity index (χ3n) is 3.43. The Balaban J connectivity index is 1.90. The molecule has 0 bridgehead atoms. The van der Waals surface area contributed by atoms with E-state index >= 15 is 0 Å². The first kappa shape index (κ1) is 14.8. The van der Waals surface area contributed by atoms with Crippen LogP contribution in [0.2, 0.25) is 0 Å². The van der Waals surface area contributed by atoms with Crippen molar-refractivity contribution in [3.63, 3.8) is 0 Å². The second-order valence-corrected chi connectivity index (χ2v) is 5.67. The first-order valence-electron chi connectivity index (χ1n) is 7.25. The summed E-state index contributed by atoms with van der Waals surface area (Å²) in [5.74, 6) is 0.388. The van der Waals surface area contributed by atoms with Gasteiger partial charge in [0.1, 0.15) is 0 Å². The van der Waals surface area contributed by atoms with E-state index in [-0.39, 0.29) is 5.76 Å². The average molecular weight is 277 g/mol. The Morgan fingerprint density at radius 1 is 1.35 bits per heavy atom. The molecule has 2 aromatic heterocycles. The molecule has 2 aromatic rings. The molecule has 0 aromatic carbocycles. The summed E-state index contributed by atoms with van der Waals surface area (Å²) in [5, 5.41) is 3.44. The molecule has 0 amide bonds. The first-order chi connectivity index (χ1) is 9.58. The molecule has 0 saturated heterocycles. The van der Waals surface area contributed by atoms with Crippen molar-refractivity contribution in [2.45, 2.75) is 46.2 Å². The molecule has 0 saturated carbocycles. The van der Waals surface area contributed by atoms with Gasteiger partial charge in [0.2, 0.25) is 0 Å². The van der Waals surface area contributed by atoms with Crippen LogP contribution in [0.4, 0.5) is 0 Å². The molecule has 2 rings (SSSR count). The third-order valence-corrected chi connectivity index (χ3v) is 3.43. The summed E-state index contributed by atoms with van der Waals surface area (Å²) in [6.45, 7) is 7.96. The molecule has 0 aliphatic heterocycles. The SMILES string of the molecule is CC(C)CCC(C)NCCn1c(=O)oc2cccnc21. The fourth-order valence-corrected chi connectivity index (χ4v) is 2.21. The van der Waals surface area contributed by atoms with Gasteiger partial charge in [0.25, 0.3) is 0 Å². The topological polar surface area (TPSA) is 60.1 Å². The second kappa shape index (κ2) is 6.70. The van der Waals surface area contributed by atoms with Crippen LogP contribution in [-0.4, -0.2) is 22.1 Å². The summed E-state index contributed by atoms with van der Waals surface area (Å²) in [4.78, 5) is 16.0. The fourth-order valence-electron chi connectivity index (χ4n) is 2.21. The van der Waals surface area contributed by atoms with Crippen LogP contribution in [0.3, 0.4) is 0 Å². The van der Waals surface area contributed by atoms with Crippen LogP contribution in [0, 0.1) is 5.92 Å². The van der Waals surface area contributed by atoms with E-state index in [1.54, 1.807) is 22.9 Å². The number of pyridine rings is 1. The molecule has 0 fully saturated rings. The monoisotopic (exact) mass is 277 g/mol. The fraction of sp³-hybridized carbons (Fsp3) is 0.600. The van der Waals surface area contributed by atoms with Crippen LogP contribution < -0.4 is 11.1 Å². The van der Waals surface area contributed by atoms with Gasteiger partial charge in [0, 0.05) is 25.3 Å². The molecule has 5 nitrogen and oxygen atoms in total. The Labute approximate surface area is 119 Å². The van der Waals surface area contributed by atoms with Crippen molar-refractivity contribution in [3.05, 3.63) is 28.9 Å². The maximum absolute atomic E-state index is 11.8. The average Bonchev–Trinajstić information content (AvgIpc) is 2.73. The molecule has 110 valence electrons. The number of fused-ring (bicyclic) bond motifs is 1. The summed E-state index contributed by atoms with van der Waals surface area (Å²) < 4.78 is 6.73. The molecule has 1 atom stereocenters. The normalized spacial score (nSPS) is 13.2. The van der Waals surface area contributed by atoms with Crippen molar-refractivity contribution in [2.75, 3.05) is 6.54 Å². The zero-order valence-electron chi connectivity index (χ0n) is 12.4. The Morgan fingerprint density at radius 3 is 2.90 bits per heavy atom. The highest BCUT2D eigenvalue weighted by molar-refractivity contribution is 5.67. The highest BCUT2D eigenvalue weighted by Crippen LogP contribution is 2.08. The van der Waals surface area contributed by atoms with Gasteiger partial charge >= 0.3 is 5.76 Å². The highest BCUT2D eigenvalue weighted by atomic mass is 16.4.